The fraction of sp³-hybridized carbons (Fsp3) is 0.778. The third kappa shape index (κ3) is 2.20. The fourth-order valence-electron chi connectivity index (χ4n) is 1.52. The van der Waals surface area contributed by atoms with Gasteiger partial charge in [-0.2, -0.15) is 12.6 Å². The van der Waals surface area contributed by atoms with Crippen molar-refractivity contribution in [1.29, 1.82) is 0 Å². The molecular weight excluding hydrogens is 200 g/mol. The van der Waals surface area contributed by atoms with E-state index < -0.39 is 0 Å². The van der Waals surface area contributed by atoms with E-state index in [0.29, 0.717) is 25.4 Å². The molecule has 0 spiro atoms. The number of piperazine rings is 1. The van der Waals surface area contributed by atoms with Crippen LogP contribution in [0.15, 0.2) is 0 Å². The largest absolute Gasteiger partial charge is 0.332 e. The van der Waals surface area contributed by atoms with Gasteiger partial charge in [-0.25, -0.2) is 0 Å². The average Bonchev–Trinajstić information content (AvgIpc) is 2.13. The summed E-state index contributed by atoms with van der Waals surface area (Å²) < 4.78 is 0. The molecule has 0 aromatic heterocycles. The molecule has 0 unspecified atom stereocenters. The monoisotopic (exact) mass is 216 g/mol. The Balaban J connectivity index is 2.65. The lowest BCUT2D eigenvalue weighted by Gasteiger charge is -2.35. The third-order valence-electron chi connectivity index (χ3n) is 2.34. The van der Waals surface area contributed by atoms with Gasteiger partial charge in [-0.15, -0.1) is 0 Å². The van der Waals surface area contributed by atoms with Gasteiger partial charge in [-0.1, -0.05) is 0 Å². The minimum atomic E-state index is -0.390. The van der Waals surface area contributed by atoms with E-state index in [2.05, 4.69) is 12.6 Å². The van der Waals surface area contributed by atoms with Gasteiger partial charge in [0.05, 0.1) is 0 Å². The highest BCUT2D eigenvalue weighted by Crippen LogP contribution is 2.08. The van der Waals surface area contributed by atoms with Gasteiger partial charge in [0.2, 0.25) is 0 Å². The highest BCUT2D eigenvalue weighted by Gasteiger charge is 2.32. The molecule has 2 amide bonds. The number of carbonyl (C=O) groups is 2. The summed E-state index contributed by atoms with van der Waals surface area (Å²) in [5.74, 6) is -0.173. The Morgan fingerprint density at radius 1 is 1.29 bits per heavy atom. The molecule has 0 saturated carbocycles. The van der Waals surface area contributed by atoms with E-state index in [1.54, 1.807) is 9.80 Å². The Morgan fingerprint density at radius 2 is 1.93 bits per heavy atom. The first-order valence-corrected chi connectivity index (χ1v) is 5.42. The van der Waals surface area contributed by atoms with Gasteiger partial charge in [-0.3, -0.25) is 9.59 Å². The first-order chi connectivity index (χ1) is 6.57. The Morgan fingerprint density at radius 3 is 2.43 bits per heavy atom. The molecule has 1 saturated heterocycles. The van der Waals surface area contributed by atoms with E-state index in [-0.39, 0.29) is 17.9 Å². The van der Waals surface area contributed by atoms with Crippen molar-refractivity contribution in [3.8, 4) is 0 Å². The maximum absolute atomic E-state index is 11.6. The molecule has 1 aliphatic rings. The first kappa shape index (κ1) is 11.4. The lowest BCUT2D eigenvalue weighted by atomic mass is 10.2. The summed E-state index contributed by atoms with van der Waals surface area (Å²) >= 11 is 4.05. The summed E-state index contributed by atoms with van der Waals surface area (Å²) in [6, 6.07) is 0.101. The van der Waals surface area contributed by atoms with E-state index in [1.165, 1.54) is 0 Å². The van der Waals surface area contributed by atoms with Crippen molar-refractivity contribution in [3.05, 3.63) is 0 Å². The van der Waals surface area contributed by atoms with Gasteiger partial charge in [0.1, 0.15) is 0 Å². The molecule has 1 heterocycles. The molecule has 0 N–H and O–H groups in total. The molecular formula is C9H16N2O2S. The van der Waals surface area contributed by atoms with Gasteiger partial charge in [0.15, 0.2) is 0 Å². The Kier molecular flexibility index (Phi) is 3.80. The summed E-state index contributed by atoms with van der Waals surface area (Å²) in [6.45, 7) is 5.65. The minimum Gasteiger partial charge on any atom is -0.332 e. The van der Waals surface area contributed by atoms with Crippen molar-refractivity contribution >= 4 is 24.4 Å². The number of amides is 2. The van der Waals surface area contributed by atoms with Crippen LogP contribution in [0.4, 0.5) is 0 Å². The molecule has 0 aliphatic carbocycles. The Labute approximate surface area is 89.7 Å². The third-order valence-corrected chi connectivity index (χ3v) is 2.54. The van der Waals surface area contributed by atoms with Crippen LogP contribution < -0.4 is 0 Å². The van der Waals surface area contributed by atoms with Crippen LogP contribution in [-0.2, 0) is 9.59 Å². The second kappa shape index (κ2) is 4.68. The van der Waals surface area contributed by atoms with Crippen molar-refractivity contribution in [2.24, 2.45) is 0 Å². The zero-order valence-corrected chi connectivity index (χ0v) is 9.46. The van der Waals surface area contributed by atoms with E-state index in [0.717, 1.165) is 0 Å². The maximum atomic E-state index is 11.6. The molecule has 5 heteroatoms. The van der Waals surface area contributed by atoms with Gasteiger partial charge in [0.25, 0.3) is 0 Å². The van der Waals surface area contributed by atoms with E-state index in [9.17, 15) is 9.59 Å². The molecule has 0 radical (unpaired) electrons. The summed E-state index contributed by atoms with van der Waals surface area (Å²) in [7, 11) is 0. The number of nitrogens with zero attached hydrogens (tertiary/aromatic N) is 2. The number of rotatable bonds is 3. The van der Waals surface area contributed by atoms with Crippen LogP contribution in [0.1, 0.15) is 13.8 Å². The smallest absolute Gasteiger partial charge is 0.312 e. The van der Waals surface area contributed by atoms with Crippen molar-refractivity contribution in [3.63, 3.8) is 0 Å². The summed E-state index contributed by atoms with van der Waals surface area (Å²) in [4.78, 5) is 26.3. The zero-order valence-electron chi connectivity index (χ0n) is 8.56. The molecule has 1 rings (SSSR count). The molecule has 0 bridgehead atoms. The van der Waals surface area contributed by atoms with E-state index in [1.807, 2.05) is 13.8 Å². The predicted molar refractivity (Wildman–Crippen MR) is 57.3 cm³/mol. The highest BCUT2D eigenvalue weighted by atomic mass is 32.1. The van der Waals surface area contributed by atoms with Crippen molar-refractivity contribution in [2.45, 2.75) is 19.9 Å². The first-order valence-electron chi connectivity index (χ1n) is 4.78. The lowest BCUT2D eigenvalue weighted by Crippen LogP contribution is -2.56. The molecule has 0 aromatic carbocycles. The molecule has 0 aromatic rings. The highest BCUT2D eigenvalue weighted by molar-refractivity contribution is 7.80. The molecule has 1 fully saturated rings. The van der Waals surface area contributed by atoms with Gasteiger partial charge < -0.3 is 9.80 Å². The Bertz CT molecular complexity index is 243. The lowest BCUT2D eigenvalue weighted by molar-refractivity contribution is -0.157. The van der Waals surface area contributed by atoms with Crippen LogP contribution >= 0.6 is 12.6 Å². The van der Waals surface area contributed by atoms with Crippen LogP contribution in [0.25, 0.3) is 0 Å². The standard InChI is InChI=1S/C9H16N2O2S/c1-7(2)11-4-3-10(5-6-14)8(12)9(11)13/h7,14H,3-6H2,1-2H3. The average molecular weight is 216 g/mol. The van der Waals surface area contributed by atoms with Gasteiger partial charge in [0, 0.05) is 31.4 Å². The van der Waals surface area contributed by atoms with Crippen molar-refractivity contribution in [2.75, 3.05) is 25.4 Å². The van der Waals surface area contributed by atoms with Gasteiger partial charge in [-0.05, 0) is 13.8 Å². The fourth-order valence-corrected chi connectivity index (χ4v) is 1.76. The number of hydrogen-bond donors (Lipinski definition) is 1. The second-order valence-corrected chi connectivity index (χ2v) is 4.06. The van der Waals surface area contributed by atoms with Gasteiger partial charge >= 0.3 is 11.8 Å². The normalized spacial score (nSPS) is 18.3. The number of hydrogen-bond acceptors (Lipinski definition) is 3. The van der Waals surface area contributed by atoms with E-state index >= 15 is 0 Å². The quantitative estimate of drug-likeness (QED) is 0.533. The summed E-state index contributed by atoms with van der Waals surface area (Å²) in [5.41, 5.74) is 0. The van der Waals surface area contributed by atoms with Crippen LogP contribution in [0.2, 0.25) is 0 Å². The SMILES string of the molecule is CC(C)N1CCN(CCS)C(=O)C1=O. The zero-order chi connectivity index (χ0) is 10.7. The van der Waals surface area contributed by atoms with Crippen LogP contribution in [0.5, 0.6) is 0 Å². The minimum absolute atomic E-state index is 0.101. The molecule has 1 aliphatic heterocycles. The van der Waals surface area contributed by atoms with Crippen molar-refractivity contribution in [1.82, 2.24) is 9.80 Å². The molecule has 0 atom stereocenters. The maximum Gasteiger partial charge on any atom is 0.312 e. The Hall–Kier alpha value is -0.710. The summed E-state index contributed by atoms with van der Waals surface area (Å²) in [6.07, 6.45) is 0. The summed E-state index contributed by atoms with van der Waals surface area (Å²) in [5, 5.41) is 0. The van der Waals surface area contributed by atoms with Crippen LogP contribution in [0.3, 0.4) is 0 Å². The molecule has 14 heavy (non-hydrogen) atoms. The number of carbonyl (C=O) groups excluding carboxylic acids is 2. The van der Waals surface area contributed by atoms with E-state index in [4.69, 9.17) is 0 Å². The van der Waals surface area contributed by atoms with Crippen molar-refractivity contribution < 1.29 is 9.59 Å². The molecule has 4 nitrogen and oxygen atoms in total. The van der Waals surface area contributed by atoms with Crippen LogP contribution in [0, 0.1) is 0 Å². The predicted octanol–water partition coefficient (Wildman–Crippen LogP) is -0.00460. The second-order valence-electron chi connectivity index (χ2n) is 3.61. The molecule has 80 valence electrons. The number of thiol groups is 1. The van der Waals surface area contributed by atoms with Crippen LogP contribution in [-0.4, -0.2) is 53.0 Å². The topological polar surface area (TPSA) is 40.6 Å².